The first-order valence-electron chi connectivity index (χ1n) is 6.43. The van der Waals surface area contributed by atoms with Crippen molar-refractivity contribution >= 4 is 28.0 Å². The Morgan fingerprint density at radius 1 is 1.35 bits per heavy atom. The van der Waals surface area contributed by atoms with Gasteiger partial charge in [-0.3, -0.25) is 4.79 Å². The Bertz CT molecular complexity index is 502. The molecule has 0 spiro atoms. The summed E-state index contributed by atoms with van der Waals surface area (Å²) in [4.78, 5) is 24.4. The Morgan fingerprint density at radius 3 is 2.55 bits per heavy atom. The molecule has 0 aromatic heterocycles. The number of amides is 1. The lowest BCUT2D eigenvalue weighted by Crippen LogP contribution is -2.28. The molecule has 0 radical (unpaired) electrons. The molecule has 108 valence electrons. The first-order chi connectivity index (χ1) is 9.52. The van der Waals surface area contributed by atoms with Crippen LogP contribution in [0.5, 0.6) is 0 Å². The van der Waals surface area contributed by atoms with Crippen LogP contribution in [0.25, 0.3) is 0 Å². The van der Waals surface area contributed by atoms with Gasteiger partial charge in [-0.05, 0) is 24.6 Å². The quantitative estimate of drug-likeness (QED) is 0.858. The summed E-state index contributed by atoms with van der Waals surface area (Å²) in [5, 5.41) is 9.12. The predicted molar refractivity (Wildman–Crippen MR) is 76.6 cm³/mol. The van der Waals surface area contributed by atoms with Crippen LogP contribution in [0.3, 0.4) is 0 Å². The molecule has 2 unspecified atom stereocenters. The van der Waals surface area contributed by atoms with Crippen LogP contribution in [0.2, 0.25) is 0 Å². The third-order valence-electron chi connectivity index (χ3n) is 3.48. The fourth-order valence-electron chi connectivity index (χ4n) is 2.50. The zero-order valence-corrected chi connectivity index (χ0v) is 12.7. The Morgan fingerprint density at radius 2 is 2.00 bits per heavy atom. The Labute approximate surface area is 125 Å². The molecule has 1 heterocycles. The summed E-state index contributed by atoms with van der Waals surface area (Å²) >= 11 is 3.36. The number of esters is 1. The molecule has 1 aromatic rings. The molecule has 1 saturated heterocycles. The lowest BCUT2D eigenvalue weighted by atomic mass is 9.89. The fraction of sp³-hybridized carbons (Fsp3) is 0.429. The molecule has 1 aliphatic rings. The maximum absolute atomic E-state index is 12.0. The van der Waals surface area contributed by atoms with E-state index in [4.69, 9.17) is 9.84 Å². The SMILES string of the molecule is CCOC(=O)C1CN(C(=O)O)CC1c1ccc(Br)cc1. The van der Waals surface area contributed by atoms with E-state index >= 15 is 0 Å². The van der Waals surface area contributed by atoms with Crippen LogP contribution in [0.15, 0.2) is 28.7 Å². The molecule has 1 N–H and O–H groups in total. The van der Waals surface area contributed by atoms with Gasteiger partial charge in [0.05, 0.1) is 12.5 Å². The average molecular weight is 342 g/mol. The summed E-state index contributed by atoms with van der Waals surface area (Å²) in [6, 6.07) is 7.60. The van der Waals surface area contributed by atoms with Crippen molar-refractivity contribution in [2.45, 2.75) is 12.8 Å². The molecule has 5 nitrogen and oxygen atoms in total. The van der Waals surface area contributed by atoms with E-state index in [2.05, 4.69) is 15.9 Å². The second-order valence-corrected chi connectivity index (χ2v) is 5.62. The molecular weight excluding hydrogens is 326 g/mol. The molecule has 6 heteroatoms. The number of carbonyl (C=O) groups excluding carboxylic acids is 1. The Kier molecular flexibility index (Phi) is 4.65. The average Bonchev–Trinajstić information content (AvgIpc) is 2.85. The number of likely N-dealkylation sites (tertiary alicyclic amines) is 1. The van der Waals surface area contributed by atoms with E-state index in [0.717, 1.165) is 10.0 Å². The van der Waals surface area contributed by atoms with Gasteiger partial charge < -0.3 is 14.7 Å². The maximum Gasteiger partial charge on any atom is 0.407 e. The third-order valence-corrected chi connectivity index (χ3v) is 4.01. The molecule has 2 rings (SSSR count). The van der Waals surface area contributed by atoms with Crippen LogP contribution < -0.4 is 0 Å². The van der Waals surface area contributed by atoms with Crippen LogP contribution in [0.4, 0.5) is 4.79 Å². The van der Waals surface area contributed by atoms with Crippen LogP contribution in [0.1, 0.15) is 18.4 Å². The summed E-state index contributed by atoms with van der Waals surface area (Å²) in [6.07, 6.45) is -1.00. The minimum absolute atomic E-state index is 0.154. The fourth-order valence-corrected chi connectivity index (χ4v) is 2.76. The number of hydrogen-bond donors (Lipinski definition) is 1. The number of benzene rings is 1. The number of rotatable bonds is 3. The molecule has 0 saturated carbocycles. The number of nitrogens with zero attached hydrogens (tertiary/aromatic N) is 1. The van der Waals surface area contributed by atoms with Crippen molar-refractivity contribution in [2.75, 3.05) is 19.7 Å². The van der Waals surface area contributed by atoms with Gasteiger partial charge in [-0.2, -0.15) is 0 Å². The molecule has 1 aromatic carbocycles. The number of carbonyl (C=O) groups is 2. The lowest BCUT2D eigenvalue weighted by molar-refractivity contribution is -0.147. The van der Waals surface area contributed by atoms with Gasteiger partial charge in [0.2, 0.25) is 0 Å². The van der Waals surface area contributed by atoms with E-state index in [-0.39, 0.29) is 18.4 Å². The van der Waals surface area contributed by atoms with Crippen molar-refractivity contribution in [3.8, 4) is 0 Å². The first-order valence-corrected chi connectivity index (χ1v) is 7.22. The molecule has 2 atom stereocenters. The van der Waals surface area contributed by atoms with Gasteiger partial charge in [0.15, 0.2) is 0 Å². The Hall–Kier alpha value is -1.56. The highest BCUT2D eigenvalue weighted by atomic mass is 79.9. The van der Waals surface area contributed by atoms with Crippen molar-refractivity contribution in [1.82, 2.24) is 4.90 Å². The zero-order valence-electron chi connectivity index (χ0n) is 11.1. The van der Waals surface area contributed by atoms with Gasteiger partial charge in [-0.15, -0.1) is 0 Å². The number of ether oxygens (including phenoxy) is 1. The lowest BCUT2D eigenvalue weighted by Gasteiger charge is -2.16. The summed E-state index contributed by atoms with van der Waals surface area (Å²) in [6.45, 7) is 2.56. The highest BCUT2D eigenvalue weighted by Gasteiger charge is 2.41. The van der Waals surface area contributed by atoms with E-state index in [1.165, 1.54) is 4.90 Å². The number of halogens is 1. The van der Waals surface area contributed by atoms with Gasteiger partial charge in [0.25, 0.3) is 0 Å². The van der Waals surface area contributed by atoms with Crippen molar-refractivity contribution in [3.63, 3.8) is 0 Å². The monoisotopic (exact) mass is 341 g/mol. The normalized spacial score (nSPS) is 21.8. The molecule has 1 fully saturated rings. The highest BCUT2D eigenvalue weighted by Crippen LogP contribution is 2.34. The van der Waals surface area contributed by atoms with E-state index in [0.29, 0.717) is 13.2 Å². The van der Waals surface area contributed by atoms with Crippen molar-refractivity contribution in [2.24, 2.45) is 5.92 Å². The minimum atomic E-state index is -1.00. The van der Waals surface area contributed by atoms with Crippen molar-refractivity contribution in [3.05, 3.63) is 34.3 Å². The van der Waals surface area contributed by atoms with E-state index in [1.54, 1.807) is 6.92 Å². The van der Waals surface area contributed by atoms with Crippen LogP contribution in [-0.4, -0.2) is 41.8 Å². The largest absolute Gasteiger partial charge is 0.466 e. The molecule has 20 heavy (non-hydrogen) atoms. The summed E-state index contributed by atoms with van der Waals surface area (Å²) < 4.78 is 6.01. The van der Waals surface area contributed by atoms with Crippen molar-refractivity contribution in [1.29, 1.82) is 0 Å². The zero-order chi connectivity index (χ0) is 14.7. The number of hydrogen-bond acceptors (Lipinski definition) is 3. The summed E-state index contributed by atoms with van der Waals surface area (Å²) in [7, 11) is 0. The van der Waals surface area contributed by atoms with E-state index in [1.807, 2.05) is 24.3 Å². The molecular formula is C14H16BrNO4. The van der Waals surface area contributed by atoms with E-state index in [9.17, 15) is 9.59 Å². The van der Waals surface area contributed by atoms with Gasteiger partial charge in [0.1, 0.15) is 0 Å². The standard InChI is InChI=1S/C14H16BrNO4/c1-2-20-13(17)12-8-16(14(18)19)7-11(12)9-3-5-10(15)6-4-9/h3-6,11-12H,2,7-8H2,1H3,(H,18,19). The Balaban J connectivity index is 2.24. The van der Waals surface area contributed by atoms with Crippen LogP contribution >= 0.6 is 15.9 Å². The summed E-state index contributed by atoms with van der Waals surface area (Å²) in [5.41, 5.74) is 0.954. The van der Waals surface area contributed by atoms with Crippen molar-refractivity contribution < 1.29 is 19.4 Å². The minimum Gasteiger partial charge on any atom is -0.466 e. The number of carboxylic acid groups (broad SMARTS) is 1. The summed E-state index contributed by atoms with van der Waals surface area (Å²) in [5.74, 6) is -0.922. The van der Waals surface area contributed by atoms with Gasteiger partial charge in [-0.1, -0.05) is 28.1 Å². The smallest absolute Gasteiger partial charge is 0.407 e. The van der Waals surface area contributed by atoms with E-state index < -0.39 is 12.0 Å². The molecule has 1 amide bonds. The topological polar surface area (TPSA) is 66.8 Å². The molecule has 0 bridgehead atoms. The molecule has 1 aliphatic heterocycles. The third kappa shape index (κ3) is 3.12. The van der Waals surface area contributed by atoms with Crippen LogP contribution in [-0.2, 0) is 9.53 Å². The second kappa shape index (κ2) is 6.26. The first kappa shape index (κ1) is 14.8. The maximum atomic E-state index is 12.0. The molecule has 0 aliphatic carbocycles. The van der Waals surface area contributed by atoms with Gasteiger partial charge >= 0.3 is 12.1 Å². The second-order valence-electron chi connectivity index (χ2n) is 4.70. The van der Waals surface area contributed by atoms with Gasteiger partial charge in [-0.25, -0.2) is 4.79 Å². The highest BCUT2D eigenvalue weighted by molar-refractivity contribution is 9.10. The van der Waals surface area contributed by atoms with Crippen LogP contribution in [0, 0.1) is 5.92 Å². The van der Waals surface area contributed by atoms with Gasteiger partial charge in [0, 0.05) is 23.5 Å². The predicted octanol–water partition coefficient (Wildman–Crippen LogP) is 2.71.